The summed E-state index contributed by atoms with van der Waals surface area (Å²) >= 11 is 5.98. The van der Waals surface area contributed by atoms with Gasteiger partial charge in [0, 0.05) is 13.6 Å². The molecule has 16 heavy (non-hydrogen) atoms. The second-order valence-corrected chi connectivity index (χ2v) is 3.72. The van der Waals surface area contributed by atoms with Crippen LogP contribution in [0.4, 0.5) is 5.69 Å². The minimum Gasteiger partial charge on any atom is -0.481 e. The van der Waals surface area contributed by atoms with E-state index in [-0.39, 0.29) is 6.42 Å². The van der Waals surface area contributed by atoms with Crippen molar-refractivity contribution in [3.63, 3.8) is 0 Å². The standard InChI is InChI=1S/C11H11ClN2O2/c1-14(6-5-10(15)16)11-8(7-13)3-2-4-9(11)12/h2-4H,5-6H2,1H3,(H,15,16). The van der Waals surface area contributed by atoms with Gasteiger partial charge in [-0.25, -0.2) is 0 Å². The van der Waals surface area contributed by atoms with Crippen LogP contribution in [0.1, 0.15) is 12.0 Å². The van der Waals surface area contributed by atoms with Crippen molar-refractivity contribution in [1.82, 2.24) is 0 Å². The number of carboxylic acid groups (broad SMARTS) is 1. The average Bonchev–Trinajstić information content (AvgIpc) is 2.25. The molecule has 5 heteroatoms. The van der Waals surface area contributed by atoms with Gasteiger partial charge in [-0.1, -0.05) is 17.7 Å². The SMILES string of the molecule is CN(CCC(=O)O)c1c(Cl)cccc1C#N. The van der Waals surface area contributed by atoms with Gasteiger partial charge in [-0.3, -0.25) is 4.79 Å². The average molecular weight is 239 g/mol. The summed E-state index contributed by atoms with van der Waals surface area (Å²) in [6.45, 7) is 0.313. The molecule has 0 bridgehead atoms. The fourth-order valence-corrected chi connectivity index (χ4v) is 1.69. The van der Waals surface area contributed by atoms with Gasteiger partial charge in [0.25, 0.3) is 0 Å². The van der Waals surface area contributed by atoms with E-state index < -0.39 is 5.97 Å². The number of nitriles is 1. The van der Waals surface area contributed by atoms with Gasteiger partial charge in [0.05, 0.1) is 22.7 Å². The van der Waals surface area contributed by atoms with Gasteiger partial charge in [0.2, 0.25) is 0 Å². The zero-order valence-electron chi connectivity index (χ0n) is 8.77. The highest BCUT2D eigenvalue weighted by Crippen LogP contribution is 2.28. The highest BCUT2D eigenvalue weighted by atomic mass is 35.5. The first-order valence-corrected chi connectivity index (χ1v) is 5.05. The molecule has 0 heterocycles. The van der Waals surface area contributed by atoms with Gasteiger partial charge >= 0.3 is 5.97 Å². The number of aliphatic carboxylic acids is 1. The molecular formula is C11H11ClN2O2. The number of benzene rings is 1. The first-order valence-electron chi connectivity index (χ1n) is 4.67. The maximum absolute atomic E-state index is 10.4. The summed E-state index contributed by atoms with van der Waals surface area (Å²) in [5.41, 5.74) is 1.02. The highest BCUT2D eigenvalue weighted by Gasteiger charge is 2.12. The van der Waals surface area contributed by atoms with Crippen LogP contribution in [0.15, 0.2) is 18.2 Å². The molecule has 0 fully saturated rings. The van der Waals surface area contributed by atoms with Crippen LogP contribution in [0, 0.1) is 11.3 Å². The molecule has 0 atom stereocenters. The van der Waals surface area contributed by atoms with E-state index in [1.807, 2.05) is 6.07 Å². The van der Waals surface area contributed by atoms with Crippen LogP contribution < -0.4 is 4.90 Å². The van der Waals surface area contributed by atoms with E-state index >= 15 is 0 Å². The fourth-order valence-electron chi connectivity index (χ4n) is 1.37. The van der Waals surface area contributed by atoms with Crippen molar-refractivity contribution < 1.29 is 9.90 Å². The second kappa shape index (κ2) is 5.38. The first-order chi connectivity index (χ1) is 7.56. The third kappa shape index (κ3) is 2.88. The quantitative estimate of drug-likeness (QED) is 0.873. The van der Waals surface area contributed by atoms with Gasteiger partial charge in [-0.05, 0) is 12.1 Å². The monoisotopic (exact) mass is 238 g/mol. The zero-order chi connectivity index (χ0) is 12.1. The summed E-state index contributed by atoms with van der Waals surface area (Å²) in [5.74, 6) is -0.877. The Balaban J connectivity index is 2.94. The van der Waals surface area contributed by atoms with E-state index in [0.29, 0.717) is 22.8 Å². The van der Waals surface area contributed by atoms with E-state index in [2.05, 4.69) is 0 Å². The maximum atomic E-state index is 10.4. The maximum Gasteiger partial charge on any atom is 0.305 e. The Morgan fingerprint density at radius 1 is 1.62 bits per heavy atom. The first kappa shape index (κ1) is 12.3. The lowest BCUT2D eigenvalue weighted by molar-refractivity contribution is -0.136. The summed E-state index contributed by atoms with van der Waals surface area (Å²) in [5, 5.41) is 17.9. The molecule has 0 unspecified atom stereocenters. The number of nitrogens with zero attached hydrogens (tertiary/aromatic N) is 2. The van der Waals surface area contributed by atoms with E-state index in [4.69, 9.17) is 22.0 Å². The summed E-state index contributed by atoms with van der Waals surface area (Å²) < 4.78 is 0. The molecular weight excluding hydrogens is 228 g/mol. The van der Waals surface area contributed by atoms with Crippen molar-refractivity contribution in [2.24, 2.45) is 0 Å². The topological polar surface area (TPSA) is 64.3 Å². The Labute approximate surface area is 98.7 Å². The molecule has 0 aliphatic carbocycles. The Morgan fingerprint density at radius 3 is 2.88 bits per heavy atom. The predicted molar refractivity (Wildman–Crippen MR) is 61.7 cm³/mol. The molecule has 1 aromatic carbocycles. The van der Waals surface area contributed by atoms with Crippen LogP contribution in [0.3, 0.4) is 0 Å². The van der Waals surface area contributed by atoms with Crippen LogP contribution in [0.25, 0.3) is 0 Å². The summed E-state index contributed by atoms with van der Waals surface area (Å²) in [4.78, 5) is 12.1. The zero-order valence-corrected chi connectivity index (χ0v) is 9.53. The summed E-state index contributed by atoms with van der Waals surface area (Å²) in [6, 6.07) is 7.05. The van der Waals surface area contributed by atoms with Crippen LogP contribution in [0.5, 0.6) is 0 Å². The molecule has 0 saturated heterocycles. The molecule has 0 aliphatic rings. The van der Waals surface area contributed by atoms with Gasteiger partial charge in [-0.2, -0.15) is 5.26 Å². The summed E-state index contributed by atoms with van der Waals surface area (Å²) in [7, 11) is 1.71. The smallest absolute Gasteiger partial charge is 0.305 e. The van der Waals surface area contributed by atoms with E-state index in [0.717, 1.165) is 0 Å². The molecule has 1 aromatic rings. The molecule has 0 spiro atoms. The number of carbonyl (C=O) groups is 1. The van der Waals surface area contributed by atoms with Crippen LogP contribution in [-0.2, 0) is 4.79 Å². The van der Waals surface area contributed by atoms with Crippen molar-refractivity contribution in [2.75, 3.05) is 18.5 Å². The van der Waals surface area contributed by atoms with Crippen molar-refractivity contribution in [2.45, 2.75) is 6.42 Å². The largest absolute Gasteiger partial charge is 0.481 e. The van der Waals surface area contributed by atoms with Crippen LogP contribution in [-0.4, -0.2) is 24.7 Å². The van der Waals surface area contributed by atoms with Gasteiger partial charge < -0.3 is 10.0 Å². The number of carboxylic acids is 1. The molecule has 0 aliphatic heterocycles. The number of hydrogen-bond acceptors (Lipinski definition) is 3. The van der Waals surface area contributed by atoms with Crippen LogP contribution >= 0.6 is 11.6 Å². The molecule has 1 N–H and O–H groups in total. The second-order valence-electron chi connectivity index (χ2n) is 3.31. The lowest BCUT2D eigenvalue weighted by Crippen LogP contribution is -2.22. The van der Waals surface area contributed by atoms with Crippen molar-refractivity contribution in [3.05, 3.63) is 28.8 Å². The number of rotatable bonds is 4. The van der Waals surface area contributed by atoms with Crippen molar-refractivity contribution in [3.8, 4) is 6.07 Å². The summed E-state index contributed by atoms with van der Waals surface area (Å²) in [6.07, 6.45) is 0.00654. The van der Waals surface area contributed by atoms with Gasteiger partial charge in [0.15, 0.2) is 0 Å². The Morgan fingerprint density at radius 2 is 2.31 bits per heavy atom. The van der Waals surface area contributed by atoms with Crippen LogP contribution in [0.2, 0.25) is 5.02 Å². The lowest BCUT2D eigenvalue weighted by Gasteiger charge is -2.20. The lowest BCUT2D eigenvalue weighted by atomic mass is 10.1. The third-order valence-corrected chi connectivity index (χ3v) is 2.46. The number of hydrogen-bond donors (Lipinski definition) is 1. The molecule has 0 saturated carbocycles. The Bertz CT molecular complexity index is 440. The number of para-hydroxylation sites is 1. The van der Waals surface area contributed by atoms with E-state index in [1.54, 1.807) is 30.1 Å². The fraction of sp³-hybridized carbons (Fsp3) is 0.273. The molecule has 0 aromatic heterocycles. The highest BCUT2D eigenvalue weighted by molar-refractivity contribution is 6.33. The Kier molecular flexibility index (Phi) is 4.15. The van der Waals surface area contributed by atoms with E-state index in [1.165, 1.54) is 0 Å². The molecule has 84 valence electrons. The third-order valence-electron chi connectivity index (χ3n) is 2.15. The molecule has 0 amide bonds. The Hall–Kier alpha value is -1.73. The van der Waals surface area contributed by atoms with Crippen molar-refractivity contribution >= 4 is 23.3 Å². The normalized spacial score (nSPS) is 9.56. The van der Waals surface area contributed by atoms with Gasteiger partial charge in [-0.15, -0.1) is 0 Å². The molecule has 0 radical (unpaired) electrons. The predicted octanol–water partition coefficient (Wildman–Crippen LogP) is 2.12. The number of halogens is 1. The number of anilines is 1. The minimum atomic E-state index is -0.877. The van der Waals surface area contributed by atoms with Gasteiger partial charge in [0.1, 0.15) is 6.07 Å². The van der Waals surface area contributed by atoms with E-state index in [9.17, 15) is 4.79 Å². The molecule has 4 nitrogen and oxygen atoms in total. The minimum absolute atomic E-state index is 0.00654. The van der Waals surface area contributed by atoms with Crippen molar-refractivity contribution in [1.29, 1.82) is 5.26 Å². The molecule has 1 rings (SSSR count).